The minimum atomic E-state index is 1.03. The maximum atomic E-state index is 4.62. The highest BCUT2D eigenvalue weighted by Crippen LogP contribution is 2.31. The molecule has 1 aliphatic carbocycles. The van der Waals surface area contributed by atoms with E-state index >= 15 is 0 Å². The molecule has 0 saturated heterocycles. The van der Waals surface area contributed by atoms with E-state index in [1.54, 1.807) is 0 Å². The fourth-order valence-corrected chi connectivity index (χ4v) is 3.06. The van der Waals surface area contributed by atoms with Gasteiger partial charge >= 0.3 is 0 Å². The maximum absolute atomic E-state index is 4.62. The van der Waals surface area contributed by atoms with E-state index in [1.165, 1.54) is 36.0 Å². The molecule has 0 bridgehead atoms. The highest BCUT2D eigenvalue weighted by molar-refractivity contribution is 9.10. The standard InChI is InChI=1S/C14H15BrN2/c1-9-16-13(14(15)17(9)2)12-7-6-10-4-3-5-11(10)8-12/h6-8H,3-5H2,1-2H3. The molecule has 0 fully saturated rings. The van der Waals surface area contributed by atoms with E-state index in [-0.39, 0.29) is 0 Å². The van der Waals surface area contributed by atoms with Gasteiger partial charge in [-0.25, -0.2) is 4.98 Å². The molecule has 1 aliphatic rings. The van der Waals surface area contributed by atoms with Gasteiger partial charge < -0.3 is 4.57 Å². The van der Waals surface area contributed by atoms with Crippen LogP contribution < -0.4 is 0 Å². The van der Waals surface area contributed by atoms with E-state index in [0.29, 0.717) is 0 Å². The third-order valence-electron chi connectivity index (χ3n) is 3.62. The molecule has 2 nitrogen and oxygen atoms in total. The summed E-state index contributed by atoms with van der Waals surface area (Å²) in [5.41, 5.74) is 5.29. The number of halogens is 1. The molecule has 1 heterocycles. The number of imidazole rings is 1. The molecular weight excluding hydrogens is 276 g/mol. The molecule has 3 heteroatoms. The normalized spacial score (nSPS) is 14.1. The van der Waals surface area contributed by atoms with Crippen LogP contribution in [-0.4, -0.2) is 9.55 Å². The second kappa shape index (κ2) is 3.98. The molecule has 0 atom stereocenters. The van der Waals surface area contributed by atoms with Crippen molar-refractivity contribution >= 4 is 15.9 Å². The second-order valence-electron chi connectivity index (χ2n) is 4.69. The summed E-state index contributed by atoms with van der Waals surface area (Å²) in [5.74, 6) is 1.03. The quantitative estimate of drug-likeness (QED) is 0.784. The Bertz CT molecular complexity index is 584. The van der Waals surface area contributed by atoms with Crippen molar-refractivity contribution in [2.45, 2.75) is 26.2 Å². The van der Waals surface area contributed by atoms with Crippen LogP contribution in [0.3, 0.4) is 0 Å². The number of aromatic nitrogens is 2. The Balaban J connectivity index is 2.12. The predicted molar refractivity (Wildman–Crippen MR) is 73.1 cm³/mol. The lowest BCUT2D eigenvalue weighted by Crippen LogP contribution is -1.90. The zero-order chi connectivity index (χ0) is 12.0. The van der Waals surface area contributed by atoms with Crippen LogP contribution in [0, 0.1) is 6.92 Å². The largest absolute Gasteiger partial charge is 0.326 e. The first kappa shape index (κ1) is 11.0. The fraction of sp³-hybridized carbons (Fsp3) is 0.357. The zero-order valence-corrected chi connectivity index (χ0v) is 11.7. The van der Waals surface area contributed by atoms with Gasteiger partial charge in [-0.2, -0.15) is 0 Å². The average Bonchev–Trinajstić information content (AvgIpc) is 2.89. The maximum Gasteiger partial charge on any atom is 0.112 e. The number of fused-ring (bicyclic) bond motifs is 1. The van der Waals surface area contributed by atoms with E-state index in [4.69, 9.17) is 0 Å². The molecule has 2 aromatic rings. The van der Waals surface area contributed by atoms with Gasteiger partial charge in [-0.3, -0.25) is 0 Å². The van der Waals surface area contributed by atoms with Crippen molar-refractivity contribution in [3.63, 3.8) is 0 Å². The van der Waals surface area contributed by atoms with Crippen LogP contribution in [-0.2, 0) is 19.9 Å². The summed E-state index contributed by atoms with van der Waals surface area (Å²) in [6, 6.07) is 6.75. The highest BCUT2D eigenvalue weighted by atomic mass is 79.9. The molecule has 3 rings (SSSR count). The first-order chi connectivity index (χ1) is 8.16. The molecule has 0 unspecified atom stereocenters. The number of aryl methyl sites for hydroxylation is 3. The van der Waals surface area contributed by atoms with Gasteiger partial charge in [0, 0.05) is 12.6 Å². The third kappa shape index (κ3) is 1.73. The summed E-state index contributed by atoms with van der Waals surface area (Å²) in [7, 11) is 2.03. The molecule has 0 aliphatic heterocycles. The van der Waals surface area contributed by atoms with E-state index in [0.717, 1.165) is 16.1 Å². The van der Waals surface area contributed by atoms with Crippen molar-refractivity contribution in [2.75, 3.05) is 0 Å². The van der Waals surface area contributed by atoms with E-state index in [1.807, 2.05) is 14.0 Å². The van der Waals surface area contributed by atoms with E-state index in [2.05, 4.69) is 43.7 Å². The van der Waals surface area contributed by atoms with Crippen molar-refractivity contribution in [2.24, 2.45) is 7.05 Å². The van der Waals surface area contributed by atoms with Crippen molar-refractivity contribution in [3.05, 3.63) is 39.8 Å². The molecule has 1 aromatic carbocycles. The van der Waals surface area contributed by atoms with Crippen LogP contribution in [0.1, 0.15) is 23.4 Å². The molecule has 0 amide bonds. The number of nitrogens with zero attached hydrogens (tertiary/aromatic N) is 2. The van der Waals surface area contributed by atoms with Crippen LogP contribution >= 0.6 is 15.9 Å². The lowest BCUT2D eigenvalue weighted by Gasteiger charge is -2.03. The minimum Gasteiger partial charge on any atom is -0.326 e. The van der Waals surface area contributed by atoms with Crippen molar-refractivity contribution < 1.29 is 0 Å². The summed E-state index contributed by atoms with van der Waals surface area (Å²) in [6.45, 7) is 2.03. The van der Waals surface area contributed by atoms with Crippen molar-refractivity contribution in [1.29, 1.82) is 0 Å². The fourth-order valence-electron chi connectivity index (χ4n) is 2.49. The summed E-state index contributed by atoms with van der Waals surface area (Å²) in [6.07, 6.45) is 3.74. The molecule has 0 saturated carbocycles. The number of rotatable bonds is 1. The second-order valence-corrected chi connectivity index (χ2v) is 5.45. The topological polar surface area (TPSA) is 17.8 Å². The van der Waals surface area contributed by atoms with Crippen LogP contribution in [0.2, 0.25) is 0 Å². The number of hydrogen-bond donors (Lipinski definition) is 0. The number of benzene rings is 1. The van der Waals surface area contributed by atoms with Gasteiger partial charge in [-0.15, -0.1) is 0 Å². The highest BCUT2D eigenvalue weighted by Gasteiger charge is 2.15. The lowest BCUT2D eigenvalue weighted by molar-refractivity contribution is 0.840. The summed E-state index contributed by atoms with van der Waals surface area (Å²) >= 11 is 3.62. The van der Waals surface area contributed by atoms with E-state index in [9.17, 15) is 0 Å². The first-order valence-corrected chi connectivity index (χ1v) is 6.77. The van der Waals surface area contributed by atoms with Crippen LogP contribution in [0.4, 0.5) is 0 Å². The van der Waals surface area contributed by atoms with Gasteiger partial charge in [0.15, 0.2) is 0 Å². The Morgan fingerprint density at radius 1 is 1.24 bits per heavy atom. The van der Waals surface area contributed by atoms with Crippen LogP contribution in [0.15, 0.2) is 22.8 Å². The SMILES string of the molecule is Cc1nc(-c2ccc3c(c2)CCC3)c(Br)n1C. The Morgan fingerprint density at radius 3 is 2.71 bits per heavy atom. The van der Waals surface area contributed by atoms with Gasteiger partial charge in [0.1, 0.15) is 16.1 Å². The molecule has 0 N–H and O–H groups in total. The predicted octanol–water partition coefficient (Wildman–Crippen LogP) is 3.65. The van der Waals surface area contributed by atoms with Gasteiger partial charge in [-0.1, -0.05) is 12.1 Å². The van der Waals surface area contributed by atoms with Crippen molar-refractivity contribution in [3.8, 4) is 11.3 Å². The molecule has 0 spiro atoms. The Labute approximate surface area is 110 Å². The van der Waals surface area contributed by atoms with Crippen LogP contribution in [0.5, 0.6) is 0 Å². The zero-order valence-electron chi connectivity index (χ0n) is 10.1. The van der Waals surface area contributed by atoms with Gasteiger partial charge in [0.05, 0.1) is 0 Å². The molecule has 17 heavy (non-hydrogen) atoms. The van der Waals surface area contributed by atoms with Crippen molar-refractivity contribution in [1.82, 2.24) is 9.55 Å². The van der Waals surface area contributed by atoms with Gasteiger partial charge in [0.2, 0.25) is 0 Å². The molecule has 88 valence electrons. The van der Waals surface area contributed by atoms with Gasteiger partial charge in [-0.05, 0) is 59.3 Å². The Morgan fingerprint density at radius 2 is 2.00 bits per heavy atom. The summed E-state index contributed by atoms with van der Waals surface area (Å²) in [4.78, 5) is 4.62. The average molecular weight is 291 g/mol. The molecule has 0 radical (unpaired) electrons. The Hall–Kier alpha value is -1.09. The van der Waals surface area contributed by atoms with E-state index < -0.39 is 0 Å². The third-order valence-corrected chi connectivity index (χ3v) is 4.53. The summed E-state index contributed by atoms with van der Waals surface area (Å²) in [5, 5.41) is 0. The Kier molecular flexibility index (Phi) is 2.58. The number of hydrogen-bond acceptors (Lipinski definition) is 1. The smallest absolute Gasteiger partial charge is 0.112 e. The van der Waals surface area contributed by atoms with Crippen LogP contribution in [0.25, 0.3) is 11.3 Å². The first-order valence-electron chi connectivity index (χ1n) is 5.98. The summed E-state index contributed by atoms with van der Waals surface area (Å²) < 4.78 is 3.13. The molecule has 1 aromatic heterocycles. The van der Waals surface area contributed by atoms with Gasteiger partial charge in [0.25, 0.3) is 0 Å². The minimum absolute atomic E-state index is 1.03. The monoisotopic (exact) mass is 290 g/mol. The lowest BCUT2D eigenvalue weighted by atomic mass is 10.0. The molecular formula is C14H15BrN2.